The van der Waals surface area contributed by atoms with Gasteiger partial charge in [0.05, 0.1) is 11.3 Å². The topological polar surface area (TPSA) is 69.6 Å². The van der Waals surface area contributed by atoms with Crippen LogP contribution in [0.3, 0.4) is 0 Å². The van der Waals surface area contributed by atoms with E-state index in [1.165, 1.54) is 6.07 Å². The van der Waals surface area contributed by atoms with Crippen molar-refractivity contribution in [3.63, 3.8) is 0 Å². The van der Waals surface area contributed by atoms with Crippen LogP contribution in [0.1, 0.15) is 42.1 Å². The lowest BCUT2D eigenvalue weighted by atomic mass is 10.0. The maximum Gasteiger partial charge on any atom is 0.337 e. The van der Waals surface area contributed by atoms with Gasteiger partial charge in [-0.15, -0.1) is 0 Å². The molecule has 1 saturated heterocycles. The van der Waals surface area contributed by atoms with E-state index >= 15 is 0 Å². The molecular formula is C16H22N2O3. The molecule has 1 fully saturated rings. The summed E-state index contributed by atoms with van der Waals surface area (Å²) in [7, 11) is 0. The highest BCUT2D eigenvalue weighted by molar-refractivity contribution is 6.01. The summed E-state index contributed by atoms with van der Waals surface area (Å²) in [6, 6.07) is 4.79. The average Bonchev–Trinajstić information content (AvgIpc) is 2.90. The van der Waals surface area contributed by atoms with Gasteiger partial charge in [0.1, 0.15) is 0 Å². The summed E-state index contributed by atoms with van der Waals surface area (Å²) in [4.78, 5) is 25.3. The van der Waals surface area contributed by atoms with Crippen molar-refractivity contribution < 1.29 is 14.7 Å². The van der Waals surface area contributed by atoms with Crippen molar-refractivity contribution in [3.05, 3.63) is 29.3 Å². The third kappa shape index (κ3) is 3.54. The number of rotatable bonds is 4. The second-order valence-electron chi connectivity index (χ2n) is 5.62. The number of likely N-dealkylation sites (tertiary alicyclic amines) is 1. The van der Waals surface area contributed by atoms with Crippen LogP contribution >= 0.6 is 0 Å². The molecule has 0 aliphatic carbocycles. The monoisotopic (exact) mass is 290 g/mol. The number of nitrogens with zero attached hydrogens (tertiary/aromatic N) is 1. The summed E-state index contributed by atoms with van der Waals surface area (Å²) in [5.74, 6) is -0.462. The number of para-hydroxylation sites is 1. The molecular weight excluding hydrogens is 268 g/mol. The molecule has 1 aliphatic rings. The van der Waals surface area contributed by atoms with Gasteiger partial charge in [-0.3, -0.25) is 0 Å². The van der Waals surface area contributed by atoms with Crippen LogP contribution in [0, 0.1) is 12.8 Å². The standard InChI is InChI=1S/C16H22N2O3/c1-3-5-12-8-9-18(10-12)16(21)17-14-11(2)6-4-7-13(14)15(19)20/h4,6-7,12H,3,5,8-10H2,1-2H3,(H,17,21)(H,19,20). The number of carboxylic acid groups (broad SMARTS) is 1. The quantitative estimate of drug-likeness (QED) is 0.893. The summed E-state index contributed by atoms with van der Waals surface area (Å²) in [5, 5.41) is 12.0. The average molecular weight is 290 g/mol. The van der Waals surface area contributed by atoms with E-state index in [4.69, 9.17) is 0 Å². The lowest BCUT2D eigenvalue weighted by Crippen LogP contribution is -2.33. The van der Waals surface area contributed by atoms with Crippen LogP contribution in [0.5, 0.6) is 0 Å². The lowest BCUT2D eigenvalue weighted by Gasteiger charge is -2.19. The van der Waals surface area contributed by atoms with E-state index in [0.29, 0.717) is 11.6 Å². The number of aryl methyl sites for hydroxylation is 1. The van der Waals surface area contributed by atoms with Crippen LogP contribution < -0.4 is 5.32 Å². The van der Waals surface area contributed by atoms with Crippen LogP contribution in [0.2, 0.25) is 0 Å². The molecule has 0 spiro atoms. The number of aromatic carboxylic acids is 1. The fourth-order valence-corrected chi connectivity index (χ4v) is 2.86. The van der Waals surface area contributed by atoms with E-state index in [-0.39, 0.29) is 11.6 Å². The number of carboxylic acids is 1. The number of urea groups is 1. The van der Waals surface area contributed by atoms with Crippen molar-refractivity contribution in [1.29, 1.82) is 0 Å². The van der Waals surface area contributed by atoms with E-state index in [9.17, 15) is 14.7 Å². The molecule has 5 heteroatoms. The zero-order chi connectivity index (χ0) is 15.4. The van der Waals surface area contributed by atoms with E-state index in [0.717, 1.165) is 37.9 Å². The van der Waals surface area contributed by atoms with Gasteiger partial charge < -0.3 is 15.3 Å². The van der Waals surface area contributed by atoms with Crippen molar-refractivity contribution >= 4 is 17.7 Å². The van der Waals surface area contributed by atoms with Crippen LogP contribution in [0.4, 0.5) is 10.5 Å². The molecule has 1 aromatic carbocycles. The number of benzene rings is 1. The van der Waals surface area contributed by atoms with E-state index < -0.39 is 5.97 Å². The Kier molecular flexibility index (Phi) is 4.83. The molecule has 0 aromatic heterocycles. The predicted molar refractivity (Wildman–Crippen MR) is 81.7 cm³/mol. The number of anilines is 1. The molecule has 0 bridgehead atoms. The largest absolute Gasteiger partial charge is 0.478 e. The van der Waals surface area contributed by atoms with Gasteiger partial charge in [0.2, 0.25) is 0 Å². The molecule has 114 valence electrons. The first-order chi connectivity index (χ1) is 10.0. The Morgan fingerprint density at radius 3 is 2.86 bits per heavy atom. The van der Waals surface area contributed by atoms with E-state index in [1.807, 2.05) is 0 Å². The van der Waals surface area contributed by atoms with E-state index in [1.54, 1.807) is 24.0 Å². The fraction of sp³-hybridized carbons (Fsp3) is 0.500. The number of amides is 2. The highest BCUT2D eigenvalue weighted by Crippen LogP contribution is 2.24. The maximum atomic E-state index is 12.3. The fourth-order valence-electron chi connectivity index (χ4n) is 2.86. The molecule has 5 nitrogen and oxygen atoms in total. The van der Waals surface area contributed by atoms with Crippen LogP contribution in [0.15, 0.2) is 18.2 Å². The second-order valence-corrected chi connectivity index (χ2v) is 5.62. The molecule has 0 radical (unpaired) electrons. The molecule has 1 atom stereocenters. The Hall–Kier alpha value is -2.04. The van der Waals surface area contributed by atoms with Crippen molar-refractivity contribution in [2.45, 2.75) is 33.1 Å². The van der Waals surface area contributed by atoms with Crippen molar-refractivity contribution in [2.75, 3.05) is 18.4 Å². The minimum absolute atomic E-state index is 0.132. The first kappa shape index (κ1) is 15.4. The molecule has 21 heavy (non-hydrogen) atoms. The molecule has 2 N–H and O–H groups in total. The third-order valence-corrected chi connectivity index (χ3v) is 4.01. The third-order valence-electron chi connectivity index (χ3n) is 4.01. The number of hydrogen-bond donors (Lipinski definition) is 2. The van der Waals surface area contributed by atoms with Crippen molar-refractivity contribution in [2.24, 2.45) is 5.92 Å². The number of hydrogen-bond acceptors (Lipinski definition) is 2. The van der Waals surface area contributed by atoms with Gasteiger partial charge in [-0.1, -0.05) is 25.5 Å². The Morgan fingerprint density at radius 1 is 1.43 bits per heavy atom. The smallest absolute Gasteiger partial charge is 0.337 e. The summed E-state index contributed by atoms with van der Waals surface area (Å²) in [6.07, 6.45) is 3.29. The van der Waals surface area contributed by atoms with Gasteiger partial charge in [-0.25, -0.2) is 9.59 Å². The summed E-state index contributed by atoms with van der Waals surface area (Å²) in [6.45, 7) is 5.44. The van der Waals surface area contributed by atoms with Gasteiger partial charge in [-0.05, 0) is 37.3 Å². The Balaban J connectivity index is 2.09. The predicted octanol–water partition coefficient (Wildman–Crippen LogP) is 3.35. The van der Waals surface area contributed by atoms with Gasteiger partial charge in [0.15, 0.2) is 0 Å². The minimum Gasteiger partial charge on any atom is -0.478 e. The Labute approximate surface area is 125 Å². The number of nitrogens with one attached hydrogen (secondary N) is 1. The summed E-state index contributed by atoms with van der Waals surface area (Å²) >= 11 is 0. The Bertz CT molecular complexity index is 542. The molecule has 0 saturated carbocycles. The van der Waals surface area contributed by atoms with E-state index in [2.05, 4.69) is 12.2 Å². The van der Waals surface area contributed by atoms with Crippen LogP contribution in [0.25, 0.3) is 0 Å². The molecule has 2 amide bonds. The minimum atomic E-state index is -1.03. The molecule has 1 aromatic rings. The zero-order valence-corrected chi connectivity index (χ0v) is 12.6. The van der Waals surface area contributed by atoms with Crippen molar-refractivity contribution in [1.82, 2.24) is 4.90 Å². The molecule has 1 aliphatic heterocycles. The van der Waals surface area contributed by atoms with Gasteiger partial charge in [0, 0.05) is 13.1 Å². The molecule has 1 unspecified atom stereocenters. The van der Waals surface area contributed by atoms with Crippen LogP contribution in [-0.2, 0) is 0 Å². The lowest BCUT2D eigenvalue weighted by molar-refractivity contribution is 0.0698. The first-order valence-electron chi connectivity index (χ1n) is 7.41. The SMILES string of the molecule is CCCC1CCN(C(=O)Nc2c(C)cccc2C(=O)O)C1. The Morgan fingerprint density at radius 2 is 2.19 bits per heavy atom. The highest BCUT2D eigenvalue weighted by atomic mass is 16.4. The molecule has 1 heterocycles. The van der Waals surface area contributed by atoms with Gasteiger partial charge in [-0.2, -0.15) is 0 Å². The van der Waals surface area contributed by atoms with Crippen molar-refractivity contribution in [3.8, 4) is 0 Å². The normalized spacial score (nSPS) is 17.8. The first-order valence-corrected chi connectivity index (χ1v) is 7.41. The maximum absolute atomic E-state index is 12.3. The van der Waals surface area contributed by atoms with Gasteiger partial charge >= 0.3 is 12.0 Å². The van der Waals surface area contributed by atoms with Gasteiger partial charge in [0.25, 0.3) is 0 Å². The molecule has 2 rings (SSSR count). The van der Waals surface area contributed by atoms with Crippen LogP contribution in [-0.4, -0.2) is 35.1 Å². The second kappa shape index (κ2) is 6.61. The number of carbonyl (C=O) groups is 2. The highest BCUT2D eigenvalue weighted by Gasteiger charge is 2.26. The number of carbonyl (C=O) groups excluding carboxylic acids is 1. The zero-order valence-electron chi connectivity index (χ0n) is 12.6. The summed E-state index contributed by atoms with van der Waals surface area (Å²) in [5.41, 5.74) is 1.29. The summed E-state index contributed by atoms with van der Waals surface area (Å²) < 4.78 is 0.